The van der Waals surface area contributed by atoms with Crippen LogP contribution in [-0.4, -0.2) is 29.8 Å². The number of nitrogens with two attached hydrogens (primary N) is 1. The molecule has 2 rings (SSSR count). The van der Waals surface area contributed by atoms with Crippen LogP contribution in [0.25, 0.3) is 0 Å². The minimum atomic E-state index is -0.918. The largest absolute Gasteiger partial charge is 0.368 e. The second-order valence-electron chi connectivity index (χ2n) is 6.74. The van der Waals surface area contributed by atoms with Crippen LogP contribution in [0.15, 0.2) is 48.5 Å². The monoisotopic (exact) mass is 385 g/mol. The molecule has 0 aliphatic rings. The predicted molar refractivity (Wildman–Crippen MR) is 104 cm³/mol. The molecule has 3 amide bonds. The summed E-state index contributed by atoms with van der Waals surface area (Å²) in [4.78, 5) is 36.1. The Morgan fingerprint density at radius 3 is 2.18 bits per heavy atom. The average molecular weight is 385 g/mol. The maximum absolute atomic E-state index is 13.1. The van der Waals surface area contributed by atoms with Gasteiger partial charge in [0, 0.05) is 19.8 Å². The van der Waals surface area contributed by atoms with E-state index in [4.69, 9.17) is 5.73 Å². The van der Waals surface area contributed by atoms with Gasteiger partial charge in [-0.2, -0.15) is 0 Å². The maximum Gasteiger partial charge on any atom is 0.243 e. The molecule has 4 N–H and O–H groups in total. The number of rotatable bonds is 8. The molecular formula is C21H24FN3O3. The molecule has 0 saturated heterocycles. The summed E-state index contributed by atoms with van der Waals surface area (Å²) in [5, 5.41) is 5.18. The van der Waals surface area contributed by atoms with Crippen LogP contribution in [0.1, 0.15) is 23.6 Å². The van der Waals surface area contributed by atoms with Gasteiger partial charge in [0.2, 0.25) is 17.7 Å². The minimum absolute atomic E-state index is 0.154. The molecule has 0 radical (unpaired) electrons. The number of carbonyl (C=O) groups is 3. The lowest BCUT2D eigenvalue weighted by Crippen LogP contribution is -2.54. The Balaban J connectivity index is 2.12. The zero-order valence-electron chi connectivity index (χ0n) is 15.9. The molecule has 0 aromatic heterocycles. The second kappa shape index (κ2) is 9.64. The number of hydrogen-bond acceptors (Lipinski definition) is 3. The van der Waals surface area contributed by atoms with Crippen molar-refractivity contribution in [3.05, 3.63) is 71.0 Å². The second-order valence-corrected chi connectivity index (χ2v) is 6.74. The van der Waals surface area contributed by atoms with Crippen molar-refractivity contribution in [1.82, 2.24) is 10.6 Å². The Bertz CT molecular complexity index is 852. The molecule has 0 saturated carbocycles. The van der Waals surface area contributed by atoms with Gasteiger partial charge in [-0.25, -0.2) is 4.39 Å². The molecule has 2 aromatic rings. The third kappa shape index (κ3) is 6.50. The topological polar surface area (TPSA) is 101 Å². The summed E-state index contributed by atoms with van der Waals surface area (Å²) >= 11 is 0. The first-order valence-electron chi connectivity index (χ1n) is 8.91. The molecule has 148 valence electrons. The van der Waals surface area contributed by atoms with E-state index < -0.39 is 35.6 Å². The summed E-state index contributed by atoms with van der Waals surface area (Å²) in [5.41, 5.74) is 8.02. The number of primary amides is 1. The summed E-state index contributed by atoms with van der Waals surface area (Å²) in [6.07, 6.45) is 0.397. The molecule has 2 aromatic carbocycles. The smallest absolute Gasteiger partial charge is 0.243 e. The average Bonchev–Trinajstić information content (AvgIpc) is 2.62. The number of aryl methyl sites for hydroxylation is 1. The fraction of sp³-hybridized carbons (Fsp3) is 0.286. The third-order valence-corrected chi connectivity index (χ3v) is 4.23. The van der Waals surface area contributed by atoms with Crippen molar-refractivity contribution < 1.29 is 18.8 Å². The summed E-state index contributed by atoms with van der Waals surface area (Å²) in [5.74, 6) is -1.98. The molecular weight excluding hydrogens is 361 g/mol. The highest BCUT2D eigenvalue weighted by atomic mass is 19.1. The highest BCUT2D eigenvalue weighted by molar-refractivity contribution is 5.91. The summed E-state index contributed by atoms with van der Waals surface area (Å²) in [6, 6.07) is 11.3. The lowest BCUT2D eigenvalue weighted by atomic mass is 10.0. The quantitative estimate of drug-likeness (QED) is 0.640. The summed E-state index contributed by atoms with van der Waals surface area (Å²) < 4.78 is 13.1. The van der Waals surface area contributed by atoms with Crippen molar-refractivity contribution in [1.29, 1.82) is 0 Å². The van der Waals surface area contributed by atoms with Crippen molar-refractivity contribution in [2.45, 2.75) is 38.8 Å². The van der Waals surface area contributed by atoms with Crippen LogP contribution in [0.2, 0.25) is 0 Å². The molecule has 0 aliphatic carbocycles. The highest BCUT2D eigenvalue weighted by Gasteiger charge is 2.25. The van der Waals surface area contributed by atoms with Gasteiger partial charge in [-0.1, -0.05) is 42.0 Å². The molecule has 7 heteroatoms. The van der Waals surface area contributed by atoms with Crippen LogP contribution < -0.4 is 16.4 Å². The predicted octanol–water partition coefficient (Wildman–Crippen LogP) is 1.39. The van der Waals surface area contributed by atoms with Crippen LogP contribution in [0.4, 0.5) is 4.39 Å². The molecule has 0 aliphatic heterocycles. The number of nitrogens with one attached hydrogen (secondary N) is 2. The normalized spacial score (nSPS) is 12.7. The zero-order valence-corrected chi connectivity index (χ0v) is 15.9. The van der Waals surface area contributed by atoms with Crippen LogP contribution in [0.5, 0.6) is 0 Å². The third-order valence-electron chi connectivity index (χ3n) is 4.23. The highest BCUT2D eigenvalue weighted by Crippen LogP contribution is 2.09. The maximum atomic E-state index is 13.1. The van der Waals surface area contributed by atoms with Gasteiger partial charge in [-0.15, -0.1) is 0 Å². The number of hydrogen-bond donors (Lipinski definition) is 3. The summed E-state index contributed by atoms with van der Waals surface area (Å²) in [6.45, 7) is 3.22. The minimum Gasteiger partial charge on any atom is -0.368 e. The van der Waals surface area contributed by atoms with E-state index in [1.807, 2.05) is 31.2 Å². The molecule has 0 fully saturated rings. The van der Waals surface area contributed by atoms with Crippen molar-refractivity contribution in [3.8, 4) is 0 Å². The Hall–Kier alpha value is -3.22. The Labute approximate surface area is 163 Å². The first kappa shape index (κ1) is 21.1. The molecule has 0 spiro atoms. The van der Waals surface area contributed by atoms with Gasteiger partial charge >= 0.3 is 0 Å². The van der Waals surface area contributed by atoms with Gasteiger partial charge in [0.1, 0.15) is 17.9 Å². The lowest BCUT2D eigenvalue weighted by Gasteiger charge is -2.22. The fourth-order valence-corrected chi connectivity index (χ4v) is 2.88. The van der Waals surface area contributed by atoms with E-state index in [-0.39, 0.29) is 12.8 Å². The number of amides is 3. The van der Waals surface area contributed by atoms with Crippen LogP contribution in [0, 0.1) is 12.7 Å². The molecule has 6 nitrogen and oxygen atoms in total. The van der Waals surface area contributed by atoms with E-state index in [1.54, 1.807) is 0 Å². The first-order valence-corrected chi connectivity index (χ1v) is 8.91. The lowest BCUT2D eigenvalue weighted by molar-refractivity contribution is -0.130. The fourth-order valence-electron chi connectivity index (χ4n) is 2.88. The van der Waals surface area contributed by atoms with Gasteiger partial charge in [-0.3, -0.25) is 14.4 Å². The molecule has 0 unspecified atom stereocenters. The molecule has 2 atom stereocenters. The Kier molecular flexibility index (Phi) is 7.26. The Morgan fingerprint density at radius 1 is 0.964 bits per heavy atom. The number of carbonyl (C=O) groups excluding carboxylic acids is 3. The van der Waals surface area contributed by atoms with E-state index in [0.29, 0.717) is 5.56 Å². The van der Waals surface area contributed by atoms with Gasteiger partial charge in [0.05, 0.1) is 0 Å². The van der Waals surface area contributed by atoms with Crippen molar-refractivity contribution >= 4 is 17.7 Å². The van der Waals surface area contributed by atoms with E-state index in [1.165, 1.54) is 31.2 Å². The van der Waals surface area contributed by atoms with E-state index in [0.717, 1.165) is 11.1 Å². The van der Waals surface area contributed by atoms with Crippen LogP contribution in [-0.2, 0) is 27.2 Å². The van der Waals surface area contributed by atoms with Crippen molar-refractivity contribution in [2.24, 2.45) is 5.73 Å². The van der Waals surface area contributed by atoms with Crippen molar-refractivity contribution in [3.63, 3.8) is 0 Å². The van der Waals surface area contributed by atoms with Gasteiger partial charge in [0.15, 0.2) is 0 Å². The Morgan fingerprint density at radius 2 is 1.61 bits per heavy atom. The number of halogens is 1. The van der Waals surface area contributed by atoms with Gasteiger partial charge in [0.25, 0.3) is 0 Å². The van der Waals surface area contributed by atoms with E-state index >= 15 is 0 Å². The van der Waals surface area contributed by atoms with Crippen molar-refractivity contribution in [2.75, 3.05) is 0 Å². The van der Waals surface area contributed by atoms with Gasteiger partial charge in [-0.05, 0) is 30.2 Å². The first-order chi connectivity index (χ1) is 13.2. The van der Waals surface area contributed by atoms with Crippen LogP contribution in [0.3, 0.4) is 0 Å². The number of benzene rings is 2. The zero-order chi connectivity index (χ0) is 20.7. The molecule has 0 bridgehead atoms. The van der Waals surface area contributed by atoms with E-state index in [9.17, 15) is 18.8 Å². The SMILES string of the molecule is CC(=O)N[C@H](Cc1ccc(F)cc1)C(=O)N[C@@H](Cc1cccc(C)c1)C(N)=O. The van der Waals surface area contributed by atoms with Crippen LogP contribution >= 0.6 is 0 Å². The molecule has 0 heterocycles. The van der Waals surface area contributed by atoms with Gasteiger partial charge < -0.3 is 16.4 Å². The standard InChI is InChI=1S/C21H24FN3O3/c1-13-4-3-5-16(10-13)12-18(20(23)27)25-21(28)19(24-14(2)26)11-15-6-8-17(22)9-7-15/h3-10,18-19H,11-12H2,1-2H3,(H2,23,27)(H,24,26)(H,25,28)/t18-,19+/m0/s1. The molecule has 28 heavy (non-hydrogen) atoms. The van der Waals surface area contributed by atoms with E-state index in [2.05, 4.69) is 10.6 Å². The summed E-state index contributed by atoms with van der Waals surface area (Å²) in [7, 11) is 0.